The maximum Gasteiger partial charge on any atom is 0.432 e. The lowest BCUT2D eigenvalue weighted by Gasteiger charge is -2.33. The van der Waals surface area contributed by atoms with Gasteiger partial charge in [-0.1, -0.05) is 31.5 Å². The van der Waals surface area contributed by atoms with E-state index >= 15 is 0 Å². The molecule has 3 N–H and O–H groups in total. The second-order valence-electron chi connectivity index (χ2n) is 12.2. The SMILES string of the molecule is CC(C)(C)OC(=O)N1CCC[C@@H](C(=O)Nc2nn(C(=O)O)c3ccc(-c4cc(C#N)ccc4Cl)cc23)C1.CC(C)CCC(=O)O. The van der Waals surface area contributed by atoms with Crippen molar-refractivity contribution in [3.05, 3.63) is 47.0 Å². The van der Waals surface area contributed by atoms with E-state index in [2.05, 4.69) is 16.5 Å². The molecule has 0 radical (unpaired) electrons. The van der Waals surface area contributed by atoms with E-state index in [0.717, 1.165) is 11.1 Å². The lowest BCUT2D eigenvalue weighted by molar-refractivity contribution is -0.137. The van der Waals surface area contributed by atoms with Crippen molar-refractivity contribution in [2.24, 2.45) is 11.8 Å². The zero-order valence-electron chi connectivity index (χ0n) is 26.0. The van der Waals surface area contributed by atoms with Gasteiger partial charge in [0.05, 0.1) is 23.1 Å². The number of carboxylic acid groups (broad SMARTS) is 2. The largest absolute Gasteiger partial charge is 0.481 e. The number of anilines is 1. The molecule has 1 saturated heterocycles. The third-order valence-electron chi connectivity index (χ3n) is 6.89. The van der Waals surface area contributed by atoms with Crippen LogP contribution in [0.15, 0.2) is 36.4 Å². The van der Waals surface area contributed by atoms with Gasteiger partial charge in [0.1, 0.15) is 5.60 Å². The van der Waals surface area contributed by atoms with Crippen LogP contribution in [0.3, 0.4) is 0 Å². The Morgan fingerprint density at radius 2 is 1.87 bits per heavy atom. The van der Waals surface area contributed by atoms with Gasteiger partial charge in [-0.15, -0.1) is 5.10 Å². The summed E-state index contributed by atoms with van der Waals surface area (Å²) >= 11 is 6.36. The Kier molecular flexibility index (Phi) is 11.5. The van der Waals surface area contributed by atoms with Crippen LogP contribution in [0.25, 0.3) is 22.0 Å². The molecule has 0 unspecified atom stereocenters. The van der Waals surface area contributed by atoms with Crippen molar-refractivity contribution in [3.8, 4) is 17.2 Å². The maximum atomic E-state index is 13.2. The molecule has 12 nitrogen and oxygen atoms in total. The molecular formula is C32H38ClN5O7. The monoisotopic (exact) mass is 639 g/mol. The zero-order chi connectivity index (χ0) is 33.5. The minimum atomic E-state index is -1.31. The zero-order valence-corrected chi connectivity index (χ0v) is 26.7. The molecule has 2 amide bonds. The summed E-state index contributed by atoms with van der Waals surface area (Å²) in [4.78, 5) is 48.9. The molecule has 0 aliphatic carbocycles. The highest BCUT2D eigenvalue weighted by molar-refractivity contribution is 6.33. The van der Waals surface area contributed by atoms with Crippen LogP contribution < -0.4 is 5.32 Å². The number of hydrogen-bond acceptors (Lipinski definition) is 7. The summed E-state index contributed by atoms with van der Waals surface area (Å²) in [5.41, 5.74) is 1.26. The predicted molar refractivity (Wildman–Crippen MR) is 169 cm³/mol. The first-order valence-corrected chi connectivity index (χ1v) is 14.9. The number of piperidine rings is 1. The van der Waals surface area contributed by atoms with E-state index in [4.69, 9.17) is 21.4 Å². The molecule has 2 heterocycles. The highest BCUT2D eigenvalue weighted by Gasteiger charge is 2.32. The molecular weight excluding hydrogens is 602 g/mol. The second-order valence-corrected chi connectivity index (χ2v) is 12.6. The van der Waals surface area contributed by atoms with Crippen molar-refractivity contribution in [3.63, 3.8) is 0 Å². The summed E-state index contributed by atoms with van der Waals surface area (Å²) in [5.74, 6) is -1.01. The molecule has 1 atom stereocenters. The quantitative estimate of drug-likeness (QED) is 0.260. The Morgan fingerprint density at radius 1 is 1.16 bits per heavy atom. The lowest BCUT2D eigenvalue weighted by atomic mass is 9.97. The summed E-state index contributed by atoms with van der Waals surface area (Å²) in [6.07, 6.45) is 0.486. The van der Waals surface area contributed by atoms with Crippen molar-refractivity contribution in [2.45, 2.75) is 65.9 Å². The van der Waals surface area contributed by atoms with Gasteiger partial charge in [0.15, 0.2) is 5.82 Å². The number of hydrogen-bond donors (Lipinski definition) is 3. The Labute approximate surface area is 266 Å². The number of nitrogens with zero attached hydrogens (tertiary/aromatic N) is 4. The van der Waals surface area contributed by atoms with Crippen molar-refractivity contribution >= 4 is 52.4 Å². The van der Waals surface area contributed by atoms with Gasteiger partial charge in [-0.25, -0.2) is 9.59 Å². The number of carboxylic acids is 1. The normalized spacial score (nSPS) is 14.7. The highest BCUT2D eigenvalue weighted by atomic mass is 35.5. The molecule has 4 rings (SSSR count). The molecule has 0 bridgehead atoms. The molecule has 3 aromatic rings. The minimum Gasteiger partial charge on any atom is -0.481 e. The van der Waals surface area contributed by atoms with Gasteiger partial charge in [-0.2, -0.15) is 9.94 Å². The maximum absolute atomic E-state index is 13.2. The number of likely N-dealkylation sites (tertiary alicyclic amines) is 1. The van der Waals surface area contributed by atoms with Crippen LogP contribution >= 0.6 is 11.6 Å². The van der Waals surface area contributed by atoms with Crippen LogP contribution in [0.2, 0.25) is 5.02 Å². The second kappa shape index (κ2) is 14.9. The summed E-state index contributed by atoms with van der Waals surface area (Å²) in [5, 5.41) is 34.7. The number of nitriles is 1. The summed E-state index contributed by atoms with van der Waals surface area (Å²) < 4.78 is 6.22. The molecule has 0 spiro atoms. The summed E-state index contributed by atoms with van der Waals surface area (Å²) in [6, 6.07) is 11.8. The lowest BCUT2D eigenvalue weighted by Crippen LogP contribution is -2.45. The van der Waals surface area contributed by atoms with E-state index in [1.165, 1.54) is 4.90 Å². The van der Waals surface area contributed by atoms with Crippen LogP contribution in [0, 0.1) is 23.2 Å². The molecule has 1 fully saturated rings. The van der Waals surface area contributed by atoms with Crippen LogP contribution in [0.4, 0.5) is 15.4 Å². The molecule has 1 aliphatic heterocycles. The van der Waals surface area contributed by atoms with Gasteiger partial charge in [-0.05, 0) is 81.8 Å². The Hall–Kier alpha value is -4.63. The van der Waals surface area contributed by atoms with Crippen LogP contribution in [-0.2, 0) is 14.3 Å². The first kappa shape index (κ1) is 34.9. The summed E-state index contributed by atoms with van der Waals surface area (Å²) in [7, 11) is 0. The minimum absolute atomic E-state index is 0.0752. The molecule has 240 valence electrons. The fourth-order valence-corrected chi connectivity index (χ4v) is 4.88. The van der Waals surface area contributed by atoms with Crippen molar-refractivity contribution < 1.29 is 34.1 Å². The van der Waals surface area contributed by atoms with Crippen molar-refractivity contribution in [1.29, 1.82) is 5.26 Å². The van der Waals surface area contributed by atoms with Crippen LogP contribution in [-0.4, -0.2) is 67.6 Å². The van der Waals surface area contributed by atoms with E-state index in [9.17, 15) is 29.5 Å². The number of rotatable bonds is 6. The van der Waals surface area contributed by atoms with Crippen LogP contribution in [0.5, 0.6) is 0 Å². The number of fused-ring (bicyclic) bond motifs is 1. The molecule has 2 aromatic carbocycles. The third-order valence-corrected chi connectivity index (χ3v) is 7.22. The predicted octanol–water partition coefficient (Wildman–Crippen LogP) is 6.85. The fraction of sp³-hybridized carbons (Fsp3) is 0.438. The van der Waals surface area contributed by atoms with Crippen LogP contribution in [0.1, 0.15) is 65.9 Å². The third kappa shape index (κ3) is 9.68. The average molecular weight is 640 g/mol. The average Bonchev–Trinajstić information content (AvgIpc) is 3.33. The standard InChI is InChI=1S/C26H26ClN5O5.C6H12O2/c1-26(2,3)37-25(36)31-10-4-5-17(14-31)23(33)29-22-19-12-16(7-9-21(19)32(30-22)24(34)35)18-11-15(13-28)6-8-20(18)27;1-5(2)3-4-6(7)8/h6-9,11-12,17H,4-5,10,14H2,1-3H3,(H,34,35)(H,29,30,33);5H,3-4H2,1-2H3,(H,7,8)/t17-;/m1./s1. The van der Waals surface area contributed by atoms with E-state index < -0.39 is 29.7 Å². The van der Waals surface area contributed by atoms with Gasteiger partial charge in [-0.3, -0.25) is 9.59 Å². The number of ether oxygens (including phenoxy) is 1. The molecule has 0 saturated carbocycles. The Bertz CT molecular complexity index is 1620. The van der Waals surface area contributed by atoms with Gasteiger partial charge in [0.2, 0.25) is 5.91 Å². The molecule has 13 heteroatoms. The molecule has 1 aromatic heterocycles. The number of halogens is 1. The smallest absolute Gasteiger partial charge is 0.432 e. The van der Waals surface area contributed by atoms with E-state index in [-0.39, 0.29) is 23.8 Å². The number of aromatic nitrogens is 2. The Balaban J connectivity index is 0.000000610. The Morgan fingerprint density at radius 3 is 2.44 bits per heavy atom. The summed E-state index contributed by atoms with van der Waals surface area (Å²) in [6.45, 7) is 10.0. The fourth-order valence-electron chi connectivity index (χ4n) is 4.65. The number of carbonyl (C=O) groups is 4. The van der Waals surface area contributed by atoms with Gasteiger partial charge < -0.3 is 25.2 Å². The number of amides is 2. The van der Waals surface area contributed by atoms with Crippen molar-refractivity contribution in [2.75, 3.05) is 18.4 Å². The number of nitrogens with one attached hydrogen (secondary N) is 1. The van der Waals surface area contributed by atoms with Crippen molar-refractivity contribution in [1.82, 2.24) is 14.7 Å². The number of benzene rings is 2. The highest BCUT2D eigenvalue weighted by Crippen LogP contribution is 2.34. The number of carbonyl (C=O) groups excluding carboxylic acids is 2. The van der Waals surface area contributed by atoms with Gasteiger partial charge in [0, 0.05) is 35.5 Å². The van der Waals surface area contributed by atoms with Gasteiger partial charge >= 0.3 is 18.2 Å². The van der Waals surface area contributed by atoms with E-state index in [1.807, 2.05) is 13.8 Å². The van der Waals surface area contributed by atoms with Gasteiger partial charge in [0.25, 0.3) is 0 Å². The topological polar surface area (TPSA) is 175 Å². The van der Waals surface area contributed by atoms with E-state index in [1.54, 1.807) is 57.2 Å². The van der Waals surface area contributed by atoms with E-state index in [0.29, 0.717) is 58.8 Å². The first-order valence-electron chi connectivity index (χ1n) is 14.6. The number of aliphatic carboxylic acids is 1. The molecule has 1 aliphatic rings. The first-order chi connectivity index (χ1) is 21.1. The molecule has 45 heavy (non-hydrogen) atoms.